The lowest BCUT2D eigenvalue weighted by Crippen LogP contribution is -2.31. The highest BCUT2D eigenvalue weighted by atomic mass is 16.2. The van der Waals surface area contributed by atoms with Gasteiger partial charge in [-0.05, 0) is 52.2 Å². The van der Waals surface area contributed by atoms with E-state index in [4.69, 9.17) is 0 Å². The van der Waals surface area contributed by atoms with Crippen LogP contribution < -0.4 is 4.90 Å². The van der Waals surface area contributed by atoms with Crippen LogP contribution in [-0.4, -0.2) is 11.8 Å². The summed E-state index contributed by atoms with van der Waals surface area (Å²) in [5, 5.41) is 0. The van der Waals surface area contributed by atoms with E-state index in [1.807, 2.05) is 32.0 Å². The van der Waals surface area contributed by atoms with Gasteiger partial charge in [-0.2, -0.15) is 0 Å². The molecule has 110 valence electrons. The van der Waals surface area contributed by atoms with Crippen molar-refractivity contribution in [3.63, 3.8) is 0 Å². The monoisotopic (exact) mass is 283 g/mol. The van der Waals surface area contributed by atoms with Crippen molar-refractivity contribution in [1.82, 2.24) is 0 Å². The minimum absolute atomic E-state index is 0.0243. The Hall–Kier alpha value is -1.90. The Balaban J connectivity index is 2.00. The fraction of sp³-hybridized carbons (Fsp3) is 0.444. The number of nitrogens with zero attached hydrogens (tertiary/aromatic N) is 1. The predicted octanol–water partition coefficient (Wildman–Crippen LogP) is 3.54. The van der Waals surface area contributed by atoms with Gasteiger partial charge in [0.25, 0.3) is 0 Å². The van der Waals surface area contributed by atoms with Gasteiger partial charge in [-0.25, -0.2) is 4.90 Å². The van der Waals surface area contributed by atoms with Gasteiger partial charge in [0.2, 0.25) is 11.8 Å². The second kappa shape index (κ2) is 4.83. The summed E-state index contributed by atoms with van der Waals surface area (Å²) in [6.45, 7) is 8.12. The van der Waals surface area contributed by atoms with Gasteiger partial charge in [-0.1, -0.05) is 28.8 Å². The third kappa shape index (κ3) is 2.11. The lowest BCUT2D eigenvalue weighted by molar-refractivity contribution is -0.122. The first kappa shape index (κ1) is 14.1. The van der Waals surface area contributed by atoms with Crippen molar-refractivity contribution in [3.05, 3.63) is 40.5 Å². The molecule has 2 aliphatic rings. The summed E-state index contributed by atoms with van der Waals surface area (Å²) in [5.41, 5.74) is 5.40. The Morgan fingerprint density at radius 3 is 1.90 bits per heavy atom. The minimum atomic E-state index is -0.165. The summed E-state index contributed by atoms with van der Waals surface area (Å²) in [6, 6.07) is 5.87. The van der Waals surface area contributed by atoms with Crippen LogP contribution in [0, 0.1) is 25.7 Å². The number of rotatable bonds is 1. The SMILES string of the molecule is CC1=C(C)C[C@@H]2C(=O)N(c3ccc(C)cc3C)C(=O)[C@H]2C1. The normalized spacial score (nSPS) is 25.6. The van der Waals surface area contributed by atoms with Crippen molar-refractivity contribution in [2.45, 2.75) is 40.5 Å². The summed E-state index contributed by atoms with van der Waals surface area (Å²) in [5.74, 6) is -0.378. The molecule has 0 N–H and O–H groups in total. The Kier molecular flexibility index (Phi) is 3.23. The second-order valence-corrected chi connectivity index (χ2v) is 6.48. The topological polar surface area (TPSA) is 37.4 Å². The molecule has 3 nitrogen and oxygen atoms in total. The molecule has 1 aliphatic heterocycles. The third-order valence-corrected chi connectivity index (χ3v) is 4.93. The van der Waals surface area contributed by atoms with E-state index < -0.39 is 0 Å². The first-order valence-corrected chi connectivity index (χ1v) is 7.50. The molecule has 3 rings (SSSR count). The Bertz CT molecular complexity index is 640. The smallest absolute Gasteiger partial charge is 0.238 e. The van der Waals surface area contributed by atoms with E-state index in [-0.39, 0.29) is 23.7 Å². The molecule has 1 fully saturated rings. The lowest BCUT2D eigenvalue weighted by atomic mass is 9.78. The quantitative estimate of drug-likeness (QED) is 0.584. The van der Waals surface area contributed by atoms with E-state index in [0.717, 1.165) is 29.7 Å². The maximum atomic E-state index is 12.7. The predicted molar refractivity (Wildman–Crippen MR) is 83.0 cm³/mol. The number of aryl methyl sites for hydroxylation is 2. The summed E-state index contributed by atoms with van der Waals surface area (Å²) < 4.78 is 0. The number of carbonyl (C=O) groups excluding carboxylic acids is 2. The molecule has 1 heterocycles. The van der Waals surface area contributed by atoms with E-state index in [1.54, 1.807) is 0 Å². The maximum Gasteiger partial charge on any atom is 0.238 e. The van der Waals surface area contributed by atoms with E-state index in [0.29, 0.717) is 0 Å². The van der Waals surface area contributed by atoms with Gasteiger partial charge in [0.05, 0.1) is 17.5 Å². The van der Waals surface area contributed by atoms with Gasteiger partial charge in [0.15, 0.2) is 0 Å². The molecule has 0 unspecified atom stereocenters. The number of hydrogen-bond acceptors (Lipinski definition) is 2. The number of anilines is 1. The summed E-state index contributed by atoms with van der Waals surface area (Å²) >= 11 is 0. The van der Waals surface area contributed by atoms with Crippen LogP contribution in [0.2, 0.25) is 0 Å². The molecule has 0 radical (unpaired) electrons. The molecule has 1 aromatic rings. The van der Waals surface area contributed by atoms with E-state index >= 15 is 0 Å². The van der Waals surface area contributed by atoms with Crippen molar-refractivity contribution in [3.8, 4) is 0 Å². The van der Waals surface area contributed by atoms with Crippen LogP contribution in [0.25, 0.3) is 0 Å². The van der Waals surface area contributed by atoms with Gasteiger partial charge in [0, 0.05) is 0 Å². The third-order valence-electron chi connectivity index (χ3n) is 4.93. The van der Waals surface area contributed by atoms with Gasteiger partial charge in [-0.3, -0.25) is 9.59 Å². The molecular formula is C18H21NO2. The molecule has 2 atom stereocenters. The molecule has 21 heavy (non-hydrogen) atoms. The Morgan fingerprint density at radius 1 is 0.905 bits per heavy atom. The van der Waals surface area contributed by atoms with Crippen LogP contribution in [0.3, 0.4) is 0 Å². The maximum absolute atomic E-state index is 12.7. The molecule has 0 spiro atoms. The van der Waals surface area contributed by atoms with Gasteiger partial charge in [0.1, 0.15) is 0 Å². The van der Waals surface area contributed by atoms with Crippen LogP contribution in [-0.2, 0) is 9.59 Å². The van der Waals surface area contributed by atoms with Crippen LogP contribution in [0.4, 0.5) is 5.69 Å². The number of benzene rings is 1. The van der Waals surface area contributed by atoms with Crippen molar-refractivity contribution >= 4 is 17.5 Å². The van der Waals surface area contributed by atoms with Crippen LogP contribution >= 0.6 is 0 Å². The number of amides is 2. The average molecular weight is 283 g/mol. The highest BCUT2D eigenvalue weighted by Crippen LogP contribution is 2.42. The summed E-state index contributed by atoms with van der Waals surface area (Å²) in [7, 11) is 0. The zero-order valence-electron chi connectivity index (χ0n) is 13.1. The van der Waals surface area contributed by atoms with Crippen molar-refractivity contribution in [2.24, 2.45) is 11.8 Å². The molecule has 1 aromatic carbocycles. The summed E-state index contributed by atoms with van der Waals surface area (Å²) in [6.07, 6.45) is 1.45. The fourth-order valence-corrected chi connectivity index (χ4v) is 3.55. The Labute approximate surface area is 125 Å². The number of imide groups is 1. The van der Waals surface area contributed by atoms with E-state index in [2.05, 4.69) is 13.8 Å². The standard InChI is InChI=1S/C18H21NO2/c1-10-5-6-16(13(4)7-10)19-17(20)14-8-11(2)12(3)9-15(14)18(19)21/h5-7,14-15H,8-9H2,1-4H3/t14-,15-/m0/s1. The van der Waals surface area contributed by atoms with E-state index in [9.17, 15) is 9.59 Å². The molecule has 2 amide bonds. The number of carbonyl (C=O) groups is 2. The molecule has 1 saturated heterocycles. The summed E-state index contributed by atoms with van der Waals surface area (Å²) in [4.78, 5) is 26.9. The highest BCUT2D eigenvalue weighted by molar-refractivity contribution is 6.22. The van der Waals surface area contributed by atoms with E-state index in [1.165, 1.54) is 16.0 Å². The second-order valence-electron chi connectivity index (χ2n) is 6.48. The molecule has 3 heteroatoms. The van der Waals surface area contributed by atoms with Crippen LogP contribution in [0.1, 0.15) is 37.8 Å². The van der Waals surface area contributed by atoms with Crippen LogP contribution in [0.5, 0.6) is 0 Å². The average Bonchev–Trinajstić information content (AvgIpc) is 2.64. The zero-order valence-corrected chi connectivity index (χ0v) is 13.1. The van der Waals surface area contributed by atoms with Crippen molar-refractivity contribution in [1.29, 1.82) is 0 Å². The fourth-order valence-electron chi connectivity index (χ4n) is 3.55. The Morgan fingerprint density at radius 2 is 1.43 bits per heavy atom. The zero-order chi connectivity index (χ0) is 15.3. The number of allylic oxidation sites excluding steroid dienone is 2. The first-order chi connectivity index (χ1) is 9.90. The van der Waals surface area contributed by atoms with Gasteiger partial charge >= 0.3 is 0 Å². The van der Waals surface area contributed by atoms with Gasteiger partial charge in [-0.15, -0.1) is 0 Å². The molecule has 0 bridgehead atoms. The lowest BCUT2D eigenvalue weighted by Gasteiger charge is -2.23. The first-order valence-electron chi connectivity index (χ1n) is 7.50. The van der Waals surface area contributed by atoms with Gasteiger partial charge < -0.3 is 0 Å². The molecule has 1 aliphatic carbocycles. The number of hydrogen-bond donors (Lipinski definition) is 0. The molecule has 0 aromatic heterocycles. The molecule has 0 saturated carbocycles. The largest absolute Gasteiger partial charge is 0.274 e. The minimum Gasteiger partial charge on any atom is -0.274 e. The molecular weight excluding hydrogens is 262 g/mol. The van der Waals surface area contributed by atoms with Crippen molar-refractivity contribution < 1.29 is 9.59 Å². The highest BCUT2D eigenvalue weighted by Gasteiger charge is 2.49. The van der Waals surface area contributed by atoms with Crippen molar-refractivity contribution in [2.75, 3.05) is 4.90 Å². The number of fused-ring (bicyclic) bond motifs is 1. The van der Waals surface area contributed by atoms with Crippen LogP contribution in [0.15, 0.2) is 29.3 Å².